The summed E-state index contributed by atoms with van der Waals surface area (Å²) >= 11 is 0. The number of nitriles is 2. The molecule has 0 amide bonds. The molecule has 0 atom stereocenters. The molecule has 0 fully saturated rings. The molecule has 0 saturated carbocycles. The van der Waals surface area contributed by atoms with Crippen molar-refractivity contribution >= 4 is 12.0 Å². The third kappa shape index (κ3) is 1.21. The van der Waals surface area contributed by atoms with Crippen molar-refractivity contribution in [3.63, 3.8) is 0 Å². The first-order valence-corrected chi connectivity index (χ1v) is 3.97. The molecule has 5 heteroatoms. The van der Waals surface area contributed by atoms with E-state index in [1.807, 2.05) is 12.1 Å². The van der Waals surface area contributed by atoms with Gasteiger partial charge in [-0.1, -0.05) is 0 Å². The molecule has 1 aromatic heterocycles. The van der Waals surface area contributed by atoms with Crippen LogP contribution in [0.2, 0.25) is 0 Å². The van der Waals surface area contributed by atoms with E-state index < -0.39 is 0 Å². The summed E-state index contributed by atoms with van der Waals surface area (Å²) in [6, 6.07) is 3.83. The lowest BCUT2D eigenvalue weighted by Gasteiger charge is -1.98. The van der Waals surface area contributed by atoms with Crippen LogP contribution < -0.4 is 5.73 Å². The molecular formula is C9H9N5. The third-order valence-corrected chi connectivity index (χ3v) is 1.87. The fraction of sp³-hybridized carbons (Fsp3) is 0.222. The summed E-state index contributed by atoms with van der Waals surface area (Å²) in [4.78, 5) is 0. The maximum atomic E-state index is 8.81. The molecule has 1 aromatic rings. The number of nitrogens with zero attached hydrogens (tertiary/aromatic N) is 4. The van der Waals surface area contributed by atoms with Gasteiger partial charge in [0.2, 0.25) is 0 Å². The summed E-state index contributed by atoms with van der Waals surface area (Å²) in [6.45, 7) is 3.43. The summed E-state index contributed by atoms with van der Waals surface area (Å²) in [7, 11) is 0. The number of aromatic nitrogens is 1. The molecule has 2 N–H and O–H groups in total. The van der Waals surface area contributed by atoms with Crippen molar-refractivity contribution in [2.45, 2.75) is 13.8 Å². The molecule has 0 spiro atoms. The second-order valence-electron chi connectivity index (χ2n) is 2.63. The second kappa shape index (κ2) is 3.63. The van der Waals surface area contributed by atoms with Gasteiger partial charge in [0.05, 0.1) is 11.3 Å². The van der Waals surface area contributed by atoms with E-state index in [-0.39, 0.29) is 16.9 Å². The Morgan fingerprint density at radius 3 is 2.29 bits per heavy atom. The first kappa shape index (κ1) is 9.82. The first-order valence-electron chi connectivity index (χ1n) is 3.97. The van der Waals surface area contributed by atoms with Crippen LogP contribution in [0, 0.1) is 29.6 Å². The molecule has 0 aliphatic carbocycles. The second-order valence-corrected chi connectivity index (χ2v) is 2.63. The third-order valence-electron chi connectivity index (χ3n) is 1.87. The van der Waals surface area contributed by atoms with Gasteiger partial charge in [-0.15, -0.1) is 0 Å². The van der Waals surface area contributed by atoms with Crippen LogP contribution in [0.1, 0.15) is 23.7 Å². The van der Waals surface area contributed by atoms with E-state index in [2.05, 4.69) is 5.10 Å². The van der Waals surface area contributed by atoms with Crippen molar-refractivity contribution in [3.8, 4) is 12.1 Å². The normalized spacial score (nSPS) is 10.0. The zero-order valence-electron chi connectivity index (χ0n) is 7.94. The van der Waals surface area contributed by atoms with E-state index in [1.165, 1.54) is 4.68 Å². The fourth-order valence-corrected chi connectivity index (χ4v) is 1.22. The topological polar surface area (TPSA) is 90.9 Å². The van der Waals surface area contributed by atoms with Gasteiger partial charge in [-0.05, 0) is 13.8 Å². The molecular weight excluding hydrogens is 178 g/mol. The number of hydrogen-bond acceptors (Lipinski definition) is 4. The van der Waals surface area contributed by atoms with Gasteiger partial charge in [-0.3, -0.25) is 0 Å². The highest BCUT2D eigenvalue weighted by molar-refractivity contribution is 5.64. The first-order chi connectivity index (χ1) is 6.67. The van der Waals surface area contributed by atoms with E-state index in [9.17, 15) is 0 Å². The largest absolute Gasteiger partial charge is 0.383 e. The number of rotatable bonds is 1. The van der Waals surface area contributed by atoms with Crippen LogP contribution in [0.15, 0.2) is 5.10 Å². The zero-order chi connectivity index (χ0) is 10.7. The lowest BCUT2D eigenvalue weighted by molar-refractivity contribution is 0.862. The Bertz CT molecular complexity index is 429. The molecule has 5 nitrogen and oxygen atoms in total. The maximum Gasteiger partial charge on any atom is 0.144 e. The van der Waals surface area contributed by atoms with E-state index in [1.54, 1.807) is 20.1 Å². The quantitative estimate of drug-likeness (QED) is 0.664. The van der Waals surface area contributed by atoms with Crippen molar-refractivity contribution in [1.29, 1.82) is 10.5 Å². The van der Waals surface area contributed by atoms with Crippen LogP contribution in [0.25, 0.3) is 0 Å². The Hall–Kier alpha value is -2.27. The van der Waals surface area contributed by atoms with Crippen molar-refractivity contribution in [2.75, 3.05) is 5.73 Å². The average Bonchev–Trinajstić information content (AvgIpc) is 2.41. The van der Waals surface area contributed by atoms with E-state index in [0.29, 0.717) is 5.69 Å². The van der Waals surface area contributed by atoms with Gasteiger partial charge < -0.3 is 5.73 Å². The number of anilines is 1. The summed E-state index contributed by atoms with van der Waals surface area (Å²) in [5.74, 6) is 0.208. The molecule has 0 aliphatic rings. The summed E-state index contributed by atoms with van der Waals surface area (Å²) in [5, 5.41) is 21.6. The molecule has 70 valence electrons. The maximum absolute atomic E-state index is 8.81. The van der Waals surface area contributed by atoms with Crippen LogP contribution in [0.4, 0.5) is 5.82 Å². The van der Waals surface area contributed by atoms with E-state index in [4.69, 9.17) is 16.3 Å². The number of nitrogen functional groups attached to an aromatic ring is 1. The highest BCUT2D eigenvalue weighted by Crippen LogP contribution is 2.22. The Labute approximate surface area is 81.7 Å². The average molecular weight is 187 g/mol. The fourth-order valence-electron chi connectivity index (χ4n) is 1.22. The molecule has 0 radical (unpaired) electrons. The Balaban J connectivity index is 3.59. The van der Waals surface area contributed by atoms with Gasteiger partial charge >= 0.3 is 0 Å². The number of nitrogens with two attached hydrogens (primary N) is 1. The van der Waals surface area contributed by atoms with Gasteiger partial charge in [-0.25, -0.2) is 4.68 Å². The predicted molar refractivity (Wildman–Crippen MR) is 52.6 cm³/mol. The van der Waals surface area contributed by atoms with Gasteiger partial charge in [0.15, 0.2) is 0 Å². The lowest BCUT2D eigenvalue weighted by Crippen LogP contribution is -1.98. The molecule has 1 heterocycles. The molecule has 0 aliphatic heterocycles. The van der Waals surface area contributed by atoms with Crippen LogP contribution >= 0.6 is 0 Å². The SMILES string of the molecule is C/C=N/n1c(C)c(C#N)c(C#N)c1N. The highest BCUT2D eigenvalue weighted by atomic mass is 15.4. The van der Waals surface area contributed by atoms with Crippen molar-refractivity contribution < 1.29 is 0 Å². The smallest absolute Gasteiger partial charge is 0.144 e. The van der Waals surface area contributed by atoms with E-state index in [0.717, 1.165) is 0 Å². The van der Waals surface area contributed by atoms with Crippen molar-refractivity contribution in [2.24, 2.45) is 5.10 Å². The predicted octanol–water partition coefficient (Wildman–Crippen LogP) is 0.976. The molecule has 0 aromatic carbocycles. The Kier molecular flexibility index (Phi) is 2.54. The van der Waals surface area contributed by atoms with Gasteiger partial charge in [0.1, 0.15) is 23.5 Å². The summed E-state index contributed by atoms with van der Waals surface area (Å²) < 4.78 is 1.39. The summed E-state index contributed by atoms with van der Waals surface area (Å²) in [6.07, 6.45) is 1.55. The van der Waals surface area contributed by atoms with Gasteiger partial charge in [0.25, 0.3) is 0 Å². The molecule has 0 bridgehead atoms. The van der Waals surface area contributed by atoms with Crippen LogP contribution in [0.5, 0.6) is 0 Å². The Morgan fingerprint density at radius 2 is 1.93 bits per heavy atom. The van der Waals surface area contributed by atoms with Crippen molar-refractivity contribution in [1.82, 2.24) is 4.68 Å². The van der Waals surface area contributed by atoms with Crippen LogP contribution in [-0.2, 0) is 0 Å². The zero-order valence-corrected chi connectivity index (χ0v) is 7.94. The molecule has 0 saturated heterocycles. The Morgan fingerprint density at radius 1 is 1.36 bits per heavy atom. The summed E-state index contributed by atoms with van der Waals surface area (Å²) in [5.41, 5.74) is 6.71. The van der Waals surface area contributed by atoms with Gasteiger partial charge in [-0.2, -0.15) is 15.6 Å². The van der Waals surface area contributed by atoms with Crippen molar-refractivity contribution in [3.05, 3.63) is 16.8 Å². The number of hydrogen-bond donors (Lipinski definition) is 1. The van der Waals surface area contributed by atoms with Crippen LogP contribution in [0.3, 0.4) is 0 Å². The molecule has 1 rings (SSSR count). The van der Waals surface area contributed by atoms with Gasteiger partial charge in [0, 0.05) is 6.21 Å². The highest BCUT2D eigenvalue weighted by Gasteiger charge is 2.17. The minimum Gasteiger partial charge on any atom is -0.383 e. The monoisotopic (exact) mass is 187 g/mol. The lowest BCUT2D eigenvalue weighted by atomic mass is 10.2. The standard InChI is InChI=1S/C9H9N5/c1-3-13-14-6(2)7(4-10)8(5-11)9(14)12/h3H,12H2,1-2H3/b13-3+. The minimum atomic E-state index is 0.190. The van der Waals surface area contributed by atoms with E-state index >= 15 is 0 Å². The molecule has 14 heavy (non-hydrogen) atoms. The molecule has 0 unspecified atom stereocenters. The van der Waals surface area contributed by atoms with Crippen LogP contribution in [-0.4, -0.2) is 10.9 Å². The minimum absolute atomic E-state index is 0.190.